The van der Waals surface area contributed by atoms with E-state index >= 15 is 0 Å². The van der Waals surface area contributed by atoms with E-state index in [1.807, 2.05) is 31.0 Å². The second-order valence-electron chi connectivity index (χ2n) is 3.98. The van der Waals surface area contributed by atoms with Crippen LogP contribution >= 0.6 is 11.6 Å². The lowest BCUT2D eigenvalue weighted by Crippen LogP contribution is -2.35. The number of aromatic nitrogens is 1. The second kappa shape index (κ2) is 7.25. The normalized spacial score (nSPS) is 10.6. The number of carbonyl (C=O) groups is 1. The minimum Gasteiger partial charge on any atom is -0.355 e. The molecule has 0 aromatic carbocycles. The maximum Gasteiger partial charge on any atom is 0.234 e. The van der Waals surface area contributed by atoms with Gasteiger partial charge in [0, 0.05) is 24.8 Å². The fraction of sp³-hybridized carbons (Fsp3) is 0.500. The highest BCUT2D eigenvalue weighted by Gasteiger charge is 2.08. The summed E-state index contributed by atoms with van der Waals surface area (Å²) in [6, 6.07) is 3.75. The standard InChI is InChI=1S/C12H18ClN3O/c1-3-6-14-11(17)9-16(2)8-10-5-4-7-15-12(10)13/h4-5,7H,3,6,8-9H2,1-2H3,(H,14,17). The van der Waals surface area contributed by atoms with Crippen LogP contribution in [0.25, 0.3) is 0 Å². The van der Waals surface area contributed by atoms with E-state index in [0.717, 1.165) is 18.5 Å². The SMILES string of the molecule is CCCNC(=O)CN(C)Cc1cccnc1Cl. The van der Waals surface area contributed by atoms with Gasteiger partial charge in [-0.25, -0.2) is 4.98 Å². The van der Waals surface area contributed by atoms with Gasteiger partial charge in [0.15, 0.2) is 0 Å². The van der Waals surface area contributed by atoms with Crippen molar-refractivity contribution in [1.82, 2.24) is 15.2 Å². The molecule has 1 amide bonds. The van der Waals surface area contributed by atoms with Gasteiger partial charge < -0.3 is 5.32 Å². The second-order valence-corrected chi connectivity index (χ2v) is 4.33. The number of halogens is 1. The van der Waals surface area contributed by atoms with Gasteiger partial charge in [-0.2, -0.15) is 0 Å². The lowest BCUT2D eigenvalue weighted by atomic mass is 10.2. The fourth-order valence-electron chi connectivity index (χ4n) is 1.45. The van der Waals surface area contributed by atoms with Crippen molar-refractivity contribution in [1.29, 1.82) is 0 Å². The van der Waals surface area contributed by atoms with E-state index in [9.17, 15) is 4.79 Å². The first-order valence-electron chi connectivity index (χ1n) is 5.68. The Morgan fingerprint density at radius 1 is 1.59 bits per heavy atom. The molecule has 0 spiro atoms. The Morgan fingerprint density at radius 2 is 2.35 bits per heavy atom. The van der Waals surface area contributed by atoms with Gasteiger partial charge >= 0.3 is 0 Å². The maximum absolute atomic E-state index is 11.5. The third-order valence-electron chi connectivity index (χ3n) is 2.26. The molecule has 94 valence electrons. The molecule has 1 N–H and O–H groups in total. The molecule has 0 aliphatic rings. The smallest absolute Gasteiger partial charge is 0.234 e. The van der Waals surface area contributed by atoms with Gasteiger partial charge in [-0.1, -0.05) is 24.6 Å². The summed E-state index contributed by atoms with van der Waals surface area (Å²) in [7, 11) is 1.88. The number of rotatable bonds is 6. The highest BCUT2D eigenvalue weighted by molar-refractivity contribution is 6.30. The van der Waals surface area contributed by atoms with Crippen molar-refractivity contribution in [3.05, 3.63) is 29.0 Å². The molecular weight excluding hydrogens is 238 g/mol. The third-order valence-corrected chi connectivity index (χ3v) is 2.60. The Kier molecular flexibility index (Phi) is 5.94. The van der Waals surface area contributed by atoms with Crippen LogP contribution in [0.15, 0.2) is 18.3 Å². The van der Waals surface area contributed by atoms with Gasteiger partial charge in [-0.3, -0.25) is 9.69 Å². The Balaban J connectivity index is 2.42. The summed E-state index contributed by atoms with van der Waals surface area (Å²) in [4.78, 5) is 17.4. The highest BCUT2D eigenvalue weighted by atomic mass is 35.5. The third kappa shape index (κ3) is 5.15. The number of hydrogen-bond donors (Lipinski definition) is 1. The monoisotopic (exact) mass is 255 g/mol. The van der Waals surface area contributed by atoms with Gasteiger partial charge in [0.2, 0.25) is 5.91 Å². The number of nitrogens with zero attached hydrogens (tertiary/aromatic N) is 2. The topological polar surface area (TPSA) is 45.2 Å². The van der Waals surface area contributed by atoms with Gasteiger partial charge in [-0.05, 0) is 19.5 Å². The van der Waals surface area contributed by atoms with Gasteiger partial charge in [0.1, 0.15) is 5.15 Å². The summed E-state index contributed by atoms with van der Waals surface area (Å²) in [5.41, 5.74) is 0.931. The number of hydrogen-bond acceptors (Lipinski definition) is 3. The molecule has 0 radical (unpaired) electrons. The van der Waals surface area contributed by atoms with E-state index in [4.69, 9.17) is 11.6 Å². The first-order chi connectivity index (χ1) is 8.13. The summed E-state index contributed by atoms with van der Waals surface area (Å²) < 4.78 is 0. The Morgan fingerprint density at radius 3 is 3.00 bits per heavy atom. The van der Waals surface area contributed by atoms with E-state index in [0.29, 0.717) is 18.2 Å². The van der Waals surface area contributed by atoms with E-state index in [2.05, 4.69) is 10.3 Å². The molecule has 0 fully saturated rings. The molecule has 1 aromatic heterocycles. The molecule has 0 atom stereocenters. The number of likely N-dealkylation sites (N-methyl/N-ethyl adjacent to an activating group) is 1. The number of amides is 1. The van der Waals surface area contributed by atoms with Crippen molar-refractivity contribution in [3.8, 4) is 0 Å². The molecule has 0 aliphatic heterocycles. The Labute approximate surface area is 107 Å². The largest absolute Gasteiger partial charge is 0.355 e. The first-order valence-corrected chi connectivity index (χ1v) is 6.06. The van der Waals surface area contributed by atoms with Crippen molar-refractivity contribution in [2.45, 2.75) is 19.9 Å². The lowest BCUT2D eigenvalue weighted by molar-refractivity contribution is -0.122. The molecule has 17 heavy (non-hydrogen) atoms. The Hall–Kier alpha value is -1.13. The van der Waals surface area contributed by atoms with Crippen LogP contribution in [-0.2, 0) is 11.3 Å². The van der Waals surface area contributed by atoms with Crippen molar-refractivity contribution in [2.75, 3.05) is 20.1 Å². The van der Waals surface area contributed by atoms with Crippen molar-refractivity contribution < 1.29 is 4.79 Å². The maximum atomic E-state index is 11.5. The molecule has 1 aromatic rings. The molecular formula is C12H18ClN3O. The number of carbonyl (C=O) groups excluding carboxylic acids is 1. The molecule has 1 rings (SSSR count). The Bertz CT molecular complexity index is 371. The van der Waals surface area contributed by atoms with Crippen LogP contribution < -0.4 is 5.32 Å². The molecule has 0 saturated heterocycles. The van der Waals surface area contributed by atoms with Crippen molar-refractivity contribution in [2.24, 2.45) is 0 Å². The molecule has 0 saturated carbocycles. The van der Waals surface area contributed by atoms with Crippen molar-refractivity contribution in [3.63, 3.8) is 0 Å². The highest BCUT2D eigenvalue weighted by Crippen LogP contribution is 2.12. The van der Waals surface area contributed by atoms with E-state index in [1.54, 1.807) is 6.20 Å². The zero-order valence-corrected chi connectivity index (χ0v) is 11.0. The lowest BCUT2D eigenvalue weighted by Gasteiger charge is -2.16. The molecule has 0 bridgehead atoms. The average molecular weight is 256 g/mol. The van der Waals surface area contributed by atoms with Gasteiger partial charge in [0.25, 0.3) is 0 Å². The summed E-state index contributed by atoms with van der Waals surface area (Å²) >= 11 is 5.95. The van der Waals surface area contributed by atoms with E-state index in [-0.39, 0.29) is 5.91 Å². The number of pyridine rings is 1. The average Bonchev–Trinajstić information content (AvgIpc) is 2.29. The summed E-state index contributed by atoms with van der Waals surface area (Å²) in [6.45, 7) is 3.73. The molecule has 0 aliphatic carbocycles. The van der Waals surface area contributed by atoms with Gasteiger partial charge in [0.05, 0.1) is 6.54 Å². The summed E-state index contributed by atoms with van der Waals surface area (Å²) in [6.07, 6.45) is 2.60. The molecule has 1 heterocycles. The molecule has 4 nitrogen and oxygen atoms in total. The zero-order chi connectivity index (χ0) is 12.7. The van der Waals surface area contributed by atoms with Crippen molar-refractivity contribution >= 4 is 17.5 Å². The predicted octanol–water partition coefficient (Wildman–Crippen LogP) is 1.69. The van der Waals surface area contributed by atoms with Gasteiger partial charge in [-0.15, -0.1) is 0 Å². The minimum absolute atomic E-state index is 0.0364. The number of nitrogens with one attached hydrogen (secondary N) is 1. The van der Waals surface area contributed by atoms with Crippen LogP contribution in [0.1, 0.15) is 18.9 Å². The molecule has 0 unspecified atom stereocenters. The quantitative estimate of drug-likeness (QED) is 0.787. The van der Waals surface area contributed by atoms with E-state index in [1.165, 1.54) is 0 Å². The van der Waals surface area contributed by atoms with Crippen LogP contribution in [0.5, 0.6) is 0 Å². The molecule has 5 heteroatoms. The van der Waals surface area contributed by atoms with Crippen LogP contribution in [0, 0.1) is 0 Å². The van der Waals surface area contributed by atoms with Crippen LogP contribution in [0.3, 0.4) is 0 Å². The summed E-state index contributed by atoms with van der Waals surface area (Å²) in [5.74, 6) is 0.0364. The summed E-state index contributed by atoms with van der Waals surface area (Å²) in [5, 5.41) is 3.33. The van der Waals surface area contributed by atoms with Crippen LogP contribution in [0.2, 0.25) is 5.15 Å². The van der Waals surface area contributed by atoms with Crippen LogP contribution in [-0.4, -0.2) is 35.9 Å². The predicted molar refractivity (Wildman–Crippen MR) is 68.9 cm³/mol. The van der Waals surface area contributed by atoms with E-state index < -0.39 is 0 Å². The minimum atomic E-state index is 0.0364. The zero-order valence-electron chi connectivity index (χ0n) is 10.2. The fourth-order valence-corrected chi connectivity index (χ4v) is 1.63. The van der Waals surface area contributed by atoms with Crippen LogP contribution in [0.4, 0.5) is 0 Å². The first kappa shape index (κ1) is 13.9.